The lowest BCUT2D eigenvalue weighted by molar-refractivity contribution is -0.120. The third kappa shape index (κ3) is 5.73. The van der Waals surface area contributed by atoms with E-state index in [1.165, 1.54) is 4.90 Å². The Labute approximate surface area is 191 Å². The zero-order chi connectivity index (χ0) is 22.4. The molecule has 3 aromatic carbocycles. The van der Waals surface area contributed by atoms with Crippen LogP contribution in [-0.2, 0) is 11.3 Å². The molecule has 3 rings (SSSR count). The molecule has 0 aliphatic rings. The van der Waals surface area contributed by atoms with Crippen LogP contribution in [0.2, 0.25) is 0 Å². The average molecular weight is 481 g/mol. The average Bonchev–Trinajstić information content (AvgIpc) is 2.76. The van der Waals surface area contributed by atoms with Gasteiger partial charge in [0.2, 0.25) is 0 Å². The normalized spacial score (nSPS) is 10.5. The van der Waals surface area contributed by atoms with Crippen molar-refractivity contribution in [3.8, 4) is 5.75 Å². The van der Waals surface area contributed by atoms with E-state index >= 15 is 0 Å². The Bertz CT molecular complexity index is 1060. The number of hydrogen-bond donors (Lipinski definition) is 1. The number of anilines is 1. The summed E-state index contributed by atoms with van der Waals surface area (Å²) in [5.74, 6) is 0.212. The number of hydrogen-bond acceptors (Lipinski definition) is 3. The maximum absolute atomic E-state index is 12.8. The molecule has 0 fully saturated rings. The van der Waals surface area contributed by atoms with Crippen LogP contribution in [-0.4, -0.2) is 25.5 Å². The first-order valence-corrected chi connectivity index (χ1v) is 10.7. The molecular formula is C25H25BrN2O3. The summed E-state index contributed by atoms with van der Waals surface area (Å²) in [4.78, 5) is 27.1. The molecule has 160 valence electrons. The van der Waals surface area contributed by atoms with Crippen molar-refractivity contribution in [1.82, 2.24) is 5.32 Å². The Morgan fingerprint density at radius 2 is 1.58 bits per heavy atom. The van der Waals surface area contributed by atoms with Gasteiger partial charge in [-0.2, -0.15) is 0 Å². The number of ether oxygens (including phenoxy) is 1. The van der Waals surface area contributed by atoms with Gasteiger partial charge in [-0.3, -0.25) is 9.59 Å². The summed E-state index contributed by atoms with van der Waals surface area (Å²) in [6.45, 7) is 4.16. The summed E-state index contributed by atoms with van der Waals surface area (Å²) >= 11 is 3.46. The number of aryl methyl sites for hydroxylation is 2. The van der Waals surface area contributed by atoms with Crippen molar-refractivity contribution >= 4 is 33.4 Å². The zero-order valence-electron chi connectivity index (χ0n) is 17.8. The summed E-state index contributed by atoms with van der Waals surface area (Å²) in [7, 11) is 1.65. The fourth-order valence-corrected chi connectivity index (χ4v) is 4.01. The first-order valence-electron chi connectivity index (χ1n) is 9.94. The molecule has 0 aliphatic carbocycles. The second kappa shape index (κ2) is 10.3. The maximum Gasteiger partial charge on any atom is 0.264 e. The van der Waals surface area contributed by atoms with Gasteiger partial charge in [-0.25, -0.2) is 0 Å². The minimum atomic E-state index is -0.245. The van der Waals surface area contributed by atoms with E-state index in [-0.39, 0.29) is 18.4 Å². The van der Waals surface area contributed by atoms with Gasteiger partial charge in [0.05, 0.1) is 11.3 Å². The highest BCUT2D eigenvalue weighted by Gasteiger charge is 2.19. The van der Waals surface area contributed by atoms with E-state index in [1.54, 1.807) is 31.3 Å². The van der Waals surface area contributed by atoms with Gasteiger partial charge in [0, 0.05) is 18.1 Å². The summed E-state index contributed by atoms with van der Waals surface area (Å²) < 4.78 is 6.79. The van der Waals surface area contributed by atoms with Crippen molar-refractivity contribution in [3.63, 3.8) is 0 Å². The zero-order valence-corrected chi connectivity index (χ0v) is 19.4. The number of carbonyl (C=O) groups excluding carboxylic acids is 2. The number of benzene rings is 3. The lowest BCUT2D eigenvalue weighted by Crippen LogP contribution is -2.34. The quantitative estimate of drug-likeness (QED) is 0.515. The minimum absolute atomic E-state index is 0.125. The van der Waals surface area contributed by atoms with E-state index in [4.69, 9.17) is 4.74 Å². The van der Waals surface area contributed by atoms with Crippen LogP contribution in [0.25, 0.3) is 0 Å². The molecule has 1 N–H and O–H groups in total. The Kier molecular flexibility index (Phi) is 7.47. The number of halogens is 1. The van der Waals surface area contributed by atoms with Crippen molar-refractivity contribution in [2.75, 3.05) is 18.6 Å². The Morgan fingerprint density at radius 3 is 2.26 bits per heavy atom. The molecule has 5 nitrogen and oxygen atoms in total. The van der Waals surface area contributed by atoms with E-state index in [0.29, 0.717) is 23.5 Å². The summed E-state index contributed by atoms with van der Waals surface area (Å²) in [6, 6.07) is 20.6. The molecular weight excluding hydrogens is 456 g/mol. The van der Waals surface area contributed by atoms with Crippen molar-refractivity contribution < 1.29 is 14.3 Å². The van der Waals surface area contributed by atoms with Gasteiger partial charge in [-0.1, -0.05) is 58.4 Å². The molecule has 0 atom stereocenters. The number of rotatable bonds is 7. The third-order valence-electron chi connectivity index (χ3n) is 4.95. The predicted octanol–water partition coefficient (Wildman–Crippen LogP) is 5.04. The van der Waals surface area contributed by atoms with Gasteiger partial charge >= 0.3 is 0 Å². The molecule has 0 aromatic heterocycles. The molecule has 0 unspecified atom stereocenters. The fraction of sp³-hybridized carbons (Fsp3) is 0.200. The van der Waals surface area contributed by atoms with Crippen LogP contribution in [0.1, 0.15) is 27.0 Å². The van der Waals surface area contributed by atoms with E-state index in [9.17, 15) is 9.59 Å². The molecule has 0 spiro atoms. The van der Waals surface area contributed by atoms with Gasteiger partial charge in [0.15, 0.2) is 6.61 Å². The lowest BCUT2D eigenvalue weighted by Gasteiger charge is -2.21. The molecule has 31 heavy (non-hydrogen) atoms. The highest BCUT2D eigenvalue weighted by molar-refractivity contribution is 9.10. The van der Waals surface area contributed by atoms with Crippen LogP contribution in [0.4, 0.5) is 5.69 Å². The van der Waals surface area contributed by atoms with Crippen LogP contribution in [0.3, 0.4) is 0 Å². The Balaban J connectivity index is 1.69. The number of likely N-dealkylation sites (N-methyl/N-ethyl adjacent to an activating group) is 1. The Morgan fingerprint density at radius 1 is 0.968 bits per heavy atom. The maximum atomic E-state index is 12.8. The largest absolute Gasteiger partial charge is 0.483 e. The molecule has 0 heterocycles. The Hall–Kier alpha value is -3.12. The topological polar surface area (TPSA) is 58.6 Å². The molecule has 2 amide bonds. The second-order valence-electron chi connectivity index (χ2n) is 7.30. The fourth-order valence-electron chi connectivity index (χ4n) is 3.32. The number of nitrogens with one attached hydrogen (secondary N) is 1. The first kappa shape index (κ1) is 22.6. The molecule has 6 heteroatoms. The summed E-state index contributed by atoms with van der Waals surface area (Å²) in [5, 5.41) is 2.91. The van der Waals surface area contributed by atoms with Crippen LogP contribution >= 0.6 is 15.9 Å². The molecule has 0 radical (unpaired) electrons. The van der Waals surface area contributed by atoms with Crippen LogP contribution in [0.15, 0.2) is 71.2 Å². The molecule has 0 saturated carbocycles. The molecule has 0 saturated heterocycles. The van der Waals surface area contributed by atoms with Crippen molar-refractivity contribution in [2.45, 2.75) is 20.4 Å². The second-order valence-corrected chi connectivity index (χ2v) is 8.21. The number of carbonyl (C=O) groups is 2. The lowest BCUT2D eigenvalue weighted by atomic mass is 10.1. The van der Waals surface area contributed by atoms with Gasteiger partial charge in [-0.05, 0) is 54.8 Å². The number of nitrogens with zero attached hydrogens (tertiary/aromatic N) is 1. The van der Waals surface area contributed by atoms with Crippen LogP contribution in [0, 0.1) is 13.8 Å². The smallest absolute Gasteiger partial charge is 0.264 e. The van der Waals surface area contributed by atoms with Gasteiger partial charge in [-0.15, -0.1) is 0 Å². The standard InChI is InChI=1S/C25H25BrN2O3/c1-17-13-20(26)14-18(2)24(17)31-16-23(29)28(3)22-12-8-7-11-21(22)25(30)27-15-19-9-5-4-6-10-19/h4-14H,15-16H2,1-3H3,(H,27,30). The SMILES string of the molecule is Cc1cc(Br)cc(C)c1OCC(=O)N(C)c1ccccc1C(=O)NCc1ccccc1. The van der Waals surface area contributed by atoms with E-state index in [0.717, 1.165) is 21.2 Å². The molecule has 0 aliphatic heterocycles. The predicted molar refractivity (Wildman–Crippen MR) is 127 cm³/mol. The van der Waals surface area contributed by atoms with Crippen LogP contribution in [0.5, 0.6) is 5.75 Å². The third-order valence-corrected chi connectivity index (χ3v) is 5.40. The monoisotopic (exact) mass is 480 g/mol. The van der Waals surface area contributed by atoms with Crippen molar-refractivity contribution in [1.29, 1.82) is 0 Å². The van der Waals surface area contributed by atoms with Crippen molar-refractivity contribution in [3.05, 3.63) is 93.5 Å². The van der Waals surface area contributed by atoms with E-state index in [2.05, 4.69) is 21.2 Å². The molecule has 3 aromatic rings. The summed E-state index contributed by atoms with van der Waals surface area (Å²) in [5.41, 5.74) is 3.87. The first-order chi connectivity index (χ1) is 14.9. The highest BCUT2D eigenvalue weighted by Crippen LogP contribution is 2.27. The van der Waals surface area contributed by atoms with Gasteiger partial charge in [0.25, 0.3) is 11.8 Å². The van der Waals surface area contributed by atoms with Crippen LogP contribution < -0.4 is 15.0 Å². The van der Waals surface area contributed by atoms with E-state index < -0.39 is 0 Å². The van der Waals surface area contributed by atoms with E-state index in [1.807, 2.05) is 56.3 Å². The number of para-hydroxylation sites is 1. The van der Waals surface area contributed by atoms with Gasteiger partial charge < -0.3 is 15.0 Å². The number of amides is 2. The summed E-state index contributed by atoms with van der Waals surface area (Å²) in [6.07, 6.45) is 0. The van der Waals surface area contributed by atoms with Gasteiger partial charge in [0.1, 0.15) is 5.75 Å². The highest BCUT2D eigenvalue weighted by atomic mass is 79.9. The van der Waals surface area contributed by atoms with Crippen molar-refractivity contribution in [2.24, 2.45) is 0 Å². The minimum Gasteiger partial charge on any atom is -0.483 e. The molecule has 0 bridgehead atoms.